The second-order valence-electron chi connectivity index (χ2n) is 6.64. The molecule has 25 heavy (non-hydrogen) atoms. The Hall–Kier alpha value is -0.810. The van der Waals surface area contributed by atoms with E-state index in [4.69, 9.17) is 0 Å². The third-order valence-electron chi connectivity index (χ3n) is 4.62. The summed E-state index contributed by atoms with van der Waals surface area (Å²) in [6.07, 6.45) is 5.33. The van der Waals surface area contributed by atoms with Gasteiger partial charge in [-0.2, -0.15) is 0 Å². The minimum Gasteiger partial charge on any atom is -0.352 e. The van der Waals surface area contributed by atoms with Gasteiger partial charge >= 0.3 is 0 Å². The molecule has 1 aliphatic rings. The van der Waals surface area contributed by atoms with E-state index in [2.05, 4.69) is 39.8 Å². The summed E-state index contributed by atoms with van der Waals surface area (Å²) in [7, 11) is 1.88. The predicted octanol–water partition coefficient (Wildman–Crippen LogP) is 3.38. The van der Waals surface area contributed by atoms with Gasteiger partial charge in [0.15, 0.2) is 0 Å². The van der Waals surface area contributed by atoms with Crippen LogP contribution in [0.5, 0.6) is 0 Å². The normalized spacial score (nSPS) is 16.1. The zero-order valence-electron chi connectivity index (χ0n) is 15.4. The van der Waals surface area contributed by atoms with Crippen molar-refractivity contribution in [1.29, 1.82) is 0 Å². The van der Waals surface area contributed by atoms with Crippen LogP contribution in [0.3, 0.4) is 0 Å². The Bertz CT molecular complexity index is 491. The first-order valence-corrected chi connectivity index (χ1v) is 8.92. The average molecular weight is 390 g/mol. The summed E-state index contributed by atoms with van der Waals surface area (Å²) < 4.78 is 0. The fourth-order valence-corrected chi connectivity index (χ4v) is 3.17. The molecule has 1 aromatic rings. The van der Waals surface area contributed by atoms with E-state index in [9.17, 15) is 4.79 Å². The van der Waals surface area contributed by atoms with Crippen molar-refractivity contribution in [2.45, 2.75) is 45.7 Å². The smallest absolute Gasteiger partial charge is 0.224 e. The van der Waals surface area contributed by atoms with Crippen LogP contribution in [0, 0.1) is 5.92 Å². The lowest BCUT2D eigenvalue weighted by Crippen LogP contribution is -2.34. The summed E-state index contributed by atoms with van der Waals surface area (Å²) in [4.78, 5) is 14.6. The third-order valence-corrected chi connectivity index (χ3v) is 4.62. The van der Waals surface area contributed by atoms with Crippen LogP contribution in [0.25, 0.3) is 0 Å². The van der Waals surface area contributed by atoms with Gasteiger partial charge in [-0.1, -0.05) is 44.0 Å². The Kier molecular flexibility index (Phi) is 13.0. The highest BCUT2D eigenvalue weighted by Gasteiger charge is 2.14. The Morgan fingerprint density at radius 3 is 2.28 bits per heavy atom. The number of likely N-dealkylation sites (tertiary alicyclic amines) is 1. The number of benzene rings is 1. The predicted molar refractivity (Wildman–Crippen MR) is 110 cm³/mol. The zero-order chi connectivity index (χ0) is 16.5. The van der Waals surface area contributed by atoms with Gasteiger partial charge in [0.25, 0.3) is 0 Å². The molecule has 2 rings (SSSR count). The van der Waals surface area contributed by atoms with E-state index in [1.54, 1.807) is 0 Å². The summed E-state index contributed by atoms with van der Waals surface area (Å²) in [5, 5.41) is 6.13. The molecule has 0 radical (unpaired) electrons. The Labute approximate surface area is 164 Å². The van der Waals surface area contributed by atoms with Gasteiger partial charge in [0.1, 0.15) is 0 Å². The first-order valence-electron chi connectivity index (χ1n) is 8.92. The molecule has 0 aliphatic carbocycles. The van der Waals surface area contributed by atoms with Gasteiger partial charge in [-0.25, -0.2) is 0 Å². The average Bonchev–Trinajstić information content (AvgIpc) is 2.82. The maximum Gasteiger partial charge on any atom is 0.224 e. The lowest BCUT2D eigenvalue weighted by atomic mass is 10.1. The molecule has 144 valence electrons. The standard InChI is InChI=1S/C19H31N3O.2ClH/c1-16(13-20-2)19(23)21-14-17-9-5-6-10-18(17)15-22-11-7-3-4-8-12-22;;/h5-6,9-10,16,20H,3-4,7-8,11-15H2,1-2H3,(H,21,23);2*1H. The third kappa shape index (κ3) is 8.41. The Morgan fingerprint density at radius 1 is 1.08 bits per heavy atom. The van der Waals surface area contributed by atoms with Crippen molar-refractivity contribution in [3.8, 4) is 0 Å². The molecular formula is C19H33Cl2N3O. The Balaban J connectivity index is 0.00000288. The van der Waals surface area contributed by atoms with Crippen molar-refractivity contribution in [3.05, 3.63) is 35.4 Å². The van der Waals surface area contributed by atoms with E-state index in [1.807, 2.05) is 14.0 Å². The number of carbonyl (C=O) groups excluding carboxylic acids is 1. The molecule has 1 saturated heterocycles. The molecule has 1 fully saturated rings. The van der Waals surface area contributed by atoms with Gasteiger partial charge in [0.05, 0.1) is 0 Å². The molecule has 0 saturated carbocycles. The largest absolute Gasteiger partial charge is 0.352 e. The number of halogens is 2. The fraction of sp³-hybridized carbons (Fsp3) is 0.632. The first kappa shape index (κ1) is 24.2. The minimum absolute atomic E-state index is 0. The van der Waals surface area contributed by atoms with Crippen LogP contribution in [-0.4, -0.2) is 37.5 Å². The van der Waals surface area contributed by atoms with Crippen LogP contribution in [0.15, 0.2) is 24.3 Å². The number of nitrogens with one attached hydrogen (secondary N) is 2. The maximum atomic E-state index is 12.1. The molecule has 1 amide bonds. The second kappa shape index (κ2) is 13.4. The quantitative estimate of drug-likeness (QED) is 0.750. The fourth-order valence-electron chi connectivity index (χ4n) is 3.17. The number of rotatable bonds is 7. The highest BCUT2D eigenvalue weighted by molar-refractivity contribution is 5.85. The first-order chi connectivity index (χ1) is 11.2. The van der Waals surface area contributed by atoms with Crippen molar-refractivity contribution >= 4 is 30.7 Å². The molecule has 0 spiro atoms. The topological polar surface area (TPSA) is 44.4 Å². The van der Waals surface area contributed by atoms with Gasteiger partial charge in [-0.3, -0.25) is 9.69 Å². The van der Waals surface area contributed by atoms with Crippen LogP contribution in [0.1, 0.15) is 43.7 Å². The summed E-state index contributed by atoms with van der Waals surface area (Å²) in [5.74, 6) is 0.113. The van der Waals surface area contributed by atoms with Crippen molar-refractivity contribution < 1.29 is 4.79 Å². The van der Waals surface area contributed by atoms with E-state index in [1.165, 1.54) is 49.9 Å². The van der Waals surface area contributed by atoms with Gasteiger partial charge in [-0.15, -0.1) is 24.8 Å². The Morgan fingerprint density at radius 2 is 1.68 bits per heavy atom. The van der Waals surface area contributed by atoms with Gasteiger partial charge in [0.2, 0.25) is 5.91 Å². The minimum atomic E-state index is -0.00207. The maximum absolute atomic E-state index is 12.1. The van der Waals surface area contributed by atoms with E-state index in [-0.39, 0.29) is 36.6 Å². The van der Waals surface area contributed by atoms with E-state index in [0.29, 0.717) is 13.1 Å². The highest BCUT2D eigenvalue weighted by Crippen LogP contribution is 2.16. The molecule has 4 nitrogen and oxygen atoms in total. The number of amides is 1. The SMILES string of the molecule is CNCC(C)C(=O)NCc1ccccc1CN1CCCCCC1.Cl.Cl. The monoisotopic (exact) mass is 389 g/mol. The lowest BCUT2D eigenvalue weighted by molar-refractivity contribution is -0.124. The highest BCUT2D eigenvalue weighted by atomic mass is 35.5. The molecule has 0 bridgehead atoms. The van der Waals surface area contributed by atoms with Crippen molar-refractivity contribution in [1.82, 2.24) is 15.5 Å². The van der Waals surface area contributed by atoms with Gasteiger partial charge in [0, 0.05) is 25.6 Å². The molecule has 1 atom stereocenters. The zero-order valence-corrected chi connectivity index (χ0v) is 17.1. The van der Waals surface area contributed by atoms with Crippen LogP contribution < -0.4 is 10.6 Å². The van der Waals surface area contributed by atoms with Crippen LogP contribution in [0.2, 0.25) is 0 Å². The summed E-state index contributed by atoms with van der Waals surface area (Å²) >= 11 is 0. The number of hydrogen-bond donors (Lipinski definition) is 2. The second-order valence-corrected chi connectivity index (χ2v) is 6.64. The molecule has 2 N–H and O–H groups in total. The molecule has 1 aromatic carbocycles. The summed E-state index contributed by atoms with van der Waals surface area (Å²) in [6, 6.07) is 8.49. The molecular weight excluding hydrogens is 357 g/mol. The van der Waals surface area contributed by atoms with Crippen LogP contribution >= 0.6 is 24.8 Å². The van der Waals surface area contributed by atoms with Crippen molar-refractivity contribution in [2.24, 2.45) is 5.92 Å². The molecule has 0 aromatic heterocycles. The van der Waals surface area contributed by atoms with Crippen LogP contribution in [0.4, 0.5) is 0 Å². The molecule has 1 heterocycles. The van der Waals surface area contributed by atoms with E-state index in [0.717, 1.165) is 6.54 Å². The van der Waals surface area contributed by atoms with Crippen molar-refractivity contribution in [3.63, 3.8) is 0 Å². The number of nitrogens with zero attached hydrogens (tertiary/aromatic N) is 1. The van der Waals surface area contributed by atoms with Crippen LogP contribution in [-0.2, 0) is 17.9 Å². The van der Waals surface area contributed by atoms with Gasteiger partial charge < -0.3 is 10.6 Å². The summed E-state index contributed by atoms with van der Waals surface area (Å²) in [5.41, 5.74) is 2.58. The number of carbonyl (C=O) groups is 1. The lowest BCUT2D eigenvalue weighted by Gasteiger charge is -2.22. The van der Waals surface area contributed by atoms with E-state index < -0.39 is 0 Å². The molecule has 1 aliphatic heterocycles. The van der Waals surface area contributed by atoms with Crippen molar-refractivity contribution in [2.75, 3.05) is 26.7 Å². The summed E-state index contributed by atoms with van der Waals surface area (Å²) in [6.45, 7) is 6.67. The van der Waals surface area contributed by atoms with E-state index >= 15 is 0 Å². The van der Waals surface area contributed by atoms with Gasteiger partial charge in [-0.05, 0) is 44.1 Å². The molecule has 1 unspecified atom stereocenters. The molecule has 6 heteroatoms. The number of hydrogen-bond acceptors (Lipinski definition) is 3.